The lowest BCUT2D eigenvalue weighted by Gasteiger charge is -2.24. The minimum atomic E-state index is -1.03. The van der Waals surface area contributed by atoms with E-state index in [4.69, 9.17) is 5.11 Å². The van der Waals surface area contributed by atoms with E-state index in [1.807, 2.05) is 19.9 Å². The molecule has 1 unspecified atom stereocenters. The van der Waals surface area contributed by atoms with Gasteiger partial charge in [-0.05, 0) is 53.4 Å². The van der Waals surface area contributed by atoms with Crippen molar-refractivity contribution in [2.24, 2.45) is 0 Å². The highest BCUT2D eigenvalue weighted by atomic mass is 16.3. The van der Waals surface area contributed by atoms with E-state index in [0.717, 1.165) is 19.3 Å². The third-order valence-corrected chi connectivity index (χ3v) is 3.10. The summed E-state index contributed by atoms with van der Waals surface area (Å²) in [5, 5.41) is 28.0. The maximum Gasteiger partial charge on any atom is 0.0849 e. The second kappa shape index (κ2) is 8.46. The van der Waals surface area contributed by atoms with Crippen LogP contribution in [0.1, 0.15) is 53.4 Å². The predicted octanol–water partition coefficient (Wildman–Crippen LogP) is 2.56. The summed E-state index contributed by atoms with van der Waals surface area (Å²) in [4.78, 5) is 0. The third-order valence-electron chi connectivity index (χ3n) is 3.10. The highest BCUT2D eigenvalue weighted by molar-refractivity contribution is 5.04. The molecule has 0 rings (SSSR count). The van der Waals surface area contributed by atoms with E-state index in [0.29, 0.717) is 6.42 Å². The van der Waals surface area contributed by atoms with Crippen molar-refractivity contribution in [1.29, 1.82) is 0 Å². The molecule has 3 heteroatoms. The first-order valence-electron chi connectivity index (χ1n) is 6.60. The predicted molar refractivity (Wildman–Crippen MR) is 75.4 cm³/mol. The summed E-state index contributed by atoms with van der Waals surface area (Å²) >= 11 is 0. The van der Waals surface area contributed by atoms with Crippen LogP contribution >= 0.6 is 0 Å². The molecule has 0 aromatic carbocycles. The Labute approximate surface area is 111 Å². The molecule has 1 atom stereocenters. The zero-order chi connectivity index (χ0) is 14.2. The number of hydrogen-bond acceptors (Lipinski definition) is 3. The van der Waals surface area contributed by atoms with Crippen LogP contribution in [-0.4, -0.2) is 33.6 Å². The van der Waals surface area contributed by atoms with Crippen molar-refractivity contribution in [3.05, 3.63) is 23.3 Å². The highest BCUT2D eigenvalue weighted by Crippen LogP contribution is 2.17. The standard InChI is InChI=1S/C15H28O3/c1-12(6-5-7-13(2)10-11-16)8-9-14(17)15(3,4)18/h6,10,14,16-18H,5,7-9,11H2,1-4H3/b12-6-,13-10+. The SMILES string of the molecule is C/C(=C/CC/C(C)=C/CO)CCC(O)C(C)(C)O. The first-order chi connectivity index (χ1) is 8.27. The summed E-state index contributed by atoms with van der Waals surface area (Å²) in [6.45, 7) is 7.41. The lowest BCUT2D eigenvalue weighted by Crippen LogP contribution is -2.35. The molecule has 106 valence electrons. The molecule has 3 nitrogen and oxygen atoms in total. The van der Waals surface area contributed by atoms with Crippen molar-refractivity contribution in [3.63, 3.8) is 0 Å². The fourth-order valence-electron chi connectivity index (χ4n) is 1.62. The van der Waals surface area contributed by atoms with Crippen LogP contribution in [0.3, 0.4) is 0 Å². The van der Waals surface area contributed by atoms with Crippen LogP contribution in [0.4, 0.5) is 0 Å². The van der Waals surface area contributed by atoms with Gasteiger partial charge in [0.25, 0.3) is 0 Å². The van der Waals surface area contributed by atoms with E-state index in [1.54, 1.807) is 13.8 Å². The van der Waals surface area contributed by atoms with E-state index in [9.17, 15) is 10.2 Å². The van der Waals surface area contributed by atoms with Gasteiger partial charge in [-0.15, -0.1) is 0 Å². The lowest BCUT2D eigenvalue weighted by atomic mass is 9.95. The summed E-state index contributed by atoms with van der Waals surface area (Å²) < 4.78 is 0. The normalized spacial score (nSPS) is 15.9. The zero-order valence-corrected chi connectivity index (χ0v) is 12.1. The van der Waals surface area contributed by atoms with Crippen molar-refractivity contribution >= 4 is 0 Å². The summed E-state index contributed by atoms with van der Waals surface area (Å²) in [6, 6.07) is 0. The number of aliphatic hydroxyl groups excluding tert-OH is 2. The topological polar surface area (TPSA) is 60.7 Å². The van der Waals surface area contributed by atoms with Gasteiger partial charge >= 0.3 is 0 Å². The molecular formula is C15H28O3. The van der Waals surface area contributed by atoms with Crippen LogP contribution in [0, 0.1) is 0 Å². The fourth-order valence-corrected chi connectivity index (χ4v) is 1.62. The quantitative estimate of drug-likeness (QED) is 0.585. The molecule has 0 aliphatic carbocycles. The van der Waals surface area contributed by atoms with Crippen LogP contribution in [0.15, 0.2) is 23.3 Å². The van der Waals surface area contributed by atoms with E-state index < -0.39 is 11.7 Å². The van der Waals surface area contributed by atoms with E-state index in [2.05, 4.69) is 6.08 Å². The Morgan fingerprint density at radius 1 is 1.11 bits per heavy atom. The molecule has 0 aromatic rings. The molecule has 0 radical (unpaired) electrons. The van der Waals surface area contributed by atoms with Crippen molar-refractivity contribution in [2.75, 3.05) is 6.61 Å². The monoisotopic (exact) mass is 256 g/mol. The van der Waals surface area contributed by atoms with Crippen LogP contribution in [0.25, 0.3) is 0 Å². The minimum absolute atomic E-state index is 0.103. The maximum absolute atomic E-state index is 9.70. The molecule has 18 heavy (non-hydrogen) atoms. The van der Waals surface area contributed by atoms with Gasteiger partial charge in [0.2, 0.25) is 0 Å². The molecule has 0 spiro atoms. The van der Waals surface area contributed by atoms with Crippen LogP contribution in [-0.2, 0) is 0 Å². The first kappa shape index (κ1) is 17.4. The summed E-state index contributed by atoms with van der Waals surface area (Å²) in [5.41, 5.74) is 1.40. The van der Waals surface area contributed by atoms with E-state index in [1.165, 1.54) is 11.1 Å². The van der Waals surface area contributed by atoms with Crippen molar-refractivity contribution < 1.29 is 15.3 Å². The Hall–Kier alpha value is -0.640. The molecule has 0 aromatic heterocycles. The van der Waals surface area contributed by atoms with Crippen LogP contribution < -0.4 is 0 Å². The summed E-state index contributed by atoms with van der Waals surface area (Å²) in [6.07, 6.45) is 6.58. The number of aliphatic hydroxyl groups is 3. The van der Waals surface area contributed by atoms with E-state index in [-0.39, 0.29) is 6.61 Å². The minimum Gasteiger partial charge on any atom is -0.392 e. The van der Waals surface area contributed by atoms with Crippen molar-refractivity contribution in [1.82, 2.24) is 0 Å². The molecule has 0 fully saturated rings. The van der Waals surface area contributed by atoms with Gasteiger partial charge in [0.1, 0.15) is 0 Å². The Morgan fingerprint density at radius 3 is 2.17 bits per heavy atom. The van der Waals surface area contributed by atoms with Gasteiger partial charge in [-0.25, -0.2) is 0 Å². The molecule has 0 heterocycles. The van der Waals surface area contributed by atoms with Gasteiger partial charge in [0.15, 0.2) is 0 Å². The highest BCUT2D eigenvalue weighted by Gasteiger charge is 2.23. The summed E-state index contributed by atoms with van der Waals surface area (Å²) in [7, 11) is 0. The number of allylic oxidation sites excluding steroid dienone is 3. The zero-order valence-electron chi connectivity index (χ0n) is 12.1. The average Bonchev–Trinajstić information content (AvgIpc) is 2.24. The van der Waals surface area contributed by atoms with Crippen LogP contribution in [0.5, 0.6) is 0 Å². The molecule has 0 bridgehead atoms. The number of rotatable bonds is 8. The average molecular weight is 256 g/mol. The molecular weight excluding hydrogens is 228 g/mol. The van der Waals surface area contributed by atoms with Gasteiger partial charge in [0.05, 0.1) is 18.3 Å². The van der Waals surface area contributed by atoms with Gasteiger partial charge in [-0.1, -0.05) is 23.3 Å². The Morgan fingerprint density at radius 2 is 1.67 bits per heavy atom. The smallest absolute Gasteiger partial charge is 0.0849 e. The maximum atomic E-state index is 9.70. The van der Waals surface area contributed by atoms with Gasteiger partial charge in [-0.3, -0.25) is 0 Å². The second-order valence-corrected chi connectivity index (χ2v) is 5.53. The largest absolute Gasteiger partial charge is 0.392 e. The summed E-state index contributed by atoms with van der Waals surface area (Å²) in [5.74, 6) is 0. The first-order valence-corrected chi connectivity index (χ1v) is 6.60. The Bertz CT molecular complexity index is 285. The third kappa shape index (κ3) is 8.45. The van der Waals surface area contributed by atoms with Gasteiger partial charge < -0.3 is 15.3 Å². The molecule has 3 N–H and O–H groups in total. The van der Waals surface area contributed by atoms with Gasteiger partial charge in [-0.2, -0.15) is 0 Å². The Kier molecular flexibility index (Phi) is 8.16. The van der Waals surface area contributed by atoms with Crippen molar-refractivity contribution in [3.8, 4) is 0 Å². The molecule has 0 saturated heterocycles. The van der Waals surface area contributed by atoms with Gasteiger partial charge in [0, 0.05) is 0 Å². The second-order valence-electron chi connectivity index (χ2n) is 5.53. The molecule has 0 aliphatic rings. The lowest BCUT2D eigenvalue weighted by molar-refractivity contribution is -0.0509. The van der Waals surface area contributed by atoms with Crippen LogP contribution in [0.2, 0.25) is 0 Å². The Balaban J connectivity index is 3.96. The molecule has 0 aliphatic heterocycles. The van der Waals surface area contributed by atoms with Crippen molar-refractivity contribution in [2.45, 2.75) is 65.1 Å². The fraction of sp³-hybridized carbons (Fsp3) is 0.733. The molecule has 0 amide bonds. The molecule has 0 saturated carbocycles. The number of hydrogen-bond donors (Lipinski definition) is 3. The van der Waals surface area contributed by atoms with E-state index >= 15 is 0 Å².